The number of anilines is 2. The maximum atomic E-state index is 14.1. The molecule has 21 heavy (non-hydrogen) atoms. The topological polar surface area (TPSA) is 29.3 Å². The van der Waals surface area contributed by atoms with Gasteiger partial charge >= 0.3 is 0 Å². The summed E-state index contributed by atoms with van der Waals surface area (Å²) in [4.78, 5) is 1.92. The molecular formula is C16H17BrF2N2. The summed E-state index contributed by atoms with van der Waals surface area (Å²) < 4.78 is 28.3. The Balaban J connectivity index is 2.35. The molecule has 0 aliphatic heterocycles. The lowest BCUT2D eigenvalue weighted by Crippen LogP contribution is -2.25. The van der Waals surface area contributed by atoms with Crippen LogP contribution in [0, 0.1) is 11.6 Å². The predicted molar refractivity (Wildman–Crippen MR) is 86.3 cm³/mol. The van der Waals surface area contributed by atoms with Gasteiger partial charge in [0.2, 0.25) is 0 Å². The zero-order valence-electron chi connectivity index (χ0n) is 11.7. The SMILES string of the molecule is CCCN(Cc1c(F)ccc(Br)c1F)c1cccc(N)c1. The third-order valence-electron chi connectivity index (χ3n) is 3.22. The van der Waals surface area contributed by atoms with Crippen molar-refractivity contribution >= 4 is 27.3 Å². The average Bonchev–Trinajstić information content (AvgIpc) is 2.46. The molecule has 0 aliphatic carbocycles. The van der Waals surface area contributed by atoms with E-state index >= 15 is 0 Å². The molecule has 2 aromatic carbocycles. The van der Waals surface area contributed by atoms with Crippen LogP contribution < -0.4 is 10.6 Å². The van der Waals surface area contributed by atoms with E-state index in [4.69, 9.17) is 5.73 Å². The van der Waals surface area contributed by atoms with Crippen LogP contribution in [-0.4, -0.2) is 6.54 Å². The van der Waals surface area contributed by atoms with E-state index in [1.165, 1.54) is 12.1 Å². The third kappa shape index (κ3) is 3.73. The molecule has 0 fully saturated rings. The first-order valence-corrected chi connectivity index (χ1v) is 7.55. The number of rotatable bonds is 5. The largest absolute Gasteiger partial charge is 0.399 e. The van der Waals surface area contributed by atoms with Crippen molar-refractivity contribution in [2.24, 2.45) is 0 Å². The van der Waals surface area contributed by atoms with E-state index in [1.807, 2.05) is 30.0 Å². The molecule has 0 saturated carbocycles. The van der Waals surface area contributed by atoms with Crippen LogP contribution >= 0.6 is 15.9 Å². The van der Waals surface area contributed by atoms with Crippen LogP contribution in [0.2, 0.25) is 0 Å². The summed E-state index contributed by atoms with van der Waals surface area (Å²) >= 11 is 3.10. The highest BCUT2D eigenvalue weighted by Gasteiger charge is 2.16. The van der Waals surface area contributed by atoms with Gasteiger partial charge in [0.15, 0.2) is 0 Å². The van der Waals surface area contributed by atoms with Gasteiger partial charge in [0.25, 0.3) is 0 Å². The van der Waals surface area contributed by atoms with Crippen LogP contribution in [0.15, 0.2) is 40.9 Å². The smallest absolute Gasteiger partial charge is 0.145 e. The van der Waals surface area contributed by atoms with Gasteiger partial charge in [-0.15, -0.1) is 0 Å². The molecule has 0 unspecified atom stereocenters. The van der Waals surface area contributed by atoms with Gasteiger partial charge in [0.05, 0.1) is 4.47 Å². The van der Waals surface area contributed by atoms with Crippen molar-refractivity contribution in [3.05, 3.63) is 58.1 Å². The summed E-state index contributed by atoms with van der Waals surface area (Å²) in [6.07, 6.45) is 0.867. The number of hydrogen-bond acceptors (Lipinski definition) is 2. The van der Waals surface area contributed by atoms with Crippen molar-refractivity contribution in [2.75, 3.05) is 17.2 Å². The van der Waals surface area contributed by atoms with Crippen molar-refractivity contribution in [1.29, 1.82) is 0 Å². The van der Waals surface area contributed by atoms with E-state index < -0.39 is 11.6 Å². The van der Waals surface area contributed by atoms with Gasteiger partial charge < -0.3 is 10.6 Å². The summed E-state index contributed by atoms with van der Waals surface area (Å²) in [5.41, 5.74) is 7.33. The molecule has 2 rings (SSSR count). The lowest BCUT2D eigenvalue weighted by Gasteiger charge is -2.25. The molecule has 2 nitrogen and oxygen atoms in total. The van der Waals surface area contributed by atoms with Gasteiger partial charge in [0.1, 0.15) is 11.6 Å². The highest BCUT2D eigenvalue weighted by Crippen LogP contribution is 2.26. The minimum atomic E-state index is -0.556. The summed E-state index contributed by atoms with van der Waals surface area (Å²) in [6, 6.07) is 9.96. The predicted octanol–water partition coefficient (Wildman–Crippen LogP) is 4.73. The summed E-state index contributed by atoms with van der Waals surface area (Å²) in [6.45, 7) is 2.87. The lowest BCUT2D eigenvalue weighted by molar-refractivity contribution is 0.545. The zero-order valence-corrected chi connectivity index (χ0v) is 13.3. The second-order valence-corrected chi connectivity index (χ2v) is 5.69. The van der Waals surface area contributed by atoms with Crippen LogP contribution in [0.4, 0.5) is 20.2 Å². The third-order valence-corrected chi connectivity index (χ3v) is 3.83. The Bertz CT molecular complexity index is 632. The quantitative estimate of drug-likeness (QED) is 0.621. The van der Waals surface area contributed by atoms with Crippen LogP contribution in [0.3, 0.4) is 0 Å². The van der Waals surface area contributed by atoms with Crippen LogP contribution in [-0.2, 0) is 6.54 Å². The van der Waals surface area contributed by atoms with Gasteiger partial charge in [-0.3, -0.25) is 0 Å². The molecule has 2 N–H and O–H groups in total. The summed E-state index contributed by atoms with van der Waals surface area (Å²) in [5, 5.41) is 0. The molecule has 2 aromatic rings. The second kappa shape index (κ2) is 6.89. The number of nitrogen functional groups attached to an aromatic ring is 1. The molecule has 0 aliphatic rings. The summed E-state index contributed by atoms with van der Waals surface area (Å²) in [7, 11) is 0. The van der Waals surface area contributed by atoms with E-state index in [2.05, 4.69) is 15.9 Å². The molecule has 0 atom stereocenters. The van der Waals surface area contributed by atoms with Gasteiger partial charge in [0, 0.05) is 30.0 Å². The zero-order chi connectivity index (χ0) is 15.4. The molecule has 0 radical (unpaired) electrons. The fourth-order valence-electron chi connectivity index (χ4n) is 2.20. The molecule has 5 heteroatoms. The van der Waals surface area contributed by atoms with E-state index in [0.717, 1.165) is 12.1 Å². The number of benzene rings is 2. The first-order valence-electron chi connectivity index (χ1n) is 6.75. The number of halogens is 3. The monoisotopic (exact) mass is 354 g/mol. The van der Waals surface area contributed by atoms with Crippen molar-refractivity contribution < 1.29 is 8.78 Å². The van der Waals surface area contributed by atoms with Gasteiger partial charge in [-0.05, 0) is 52.7 Å². The Labute approximate surface area is 131 Å². The minimum Gasteiger partial charge on any atom is -0.399 e. The standard InChI is InChI=1S/C16H17BrF2N2/c1-2-8-21(12-5-3-4-11(20)9-12)10-13-15(18)7-6-14(17)16(13)19/h3-7,9H,2,8,10,20H2,1H3. The fraction of sp³-hybridized carbons (Fsp3) is 0.250. The summed E-state index contributed by atoms with van der Waals surface area (Å²) in [5.74, 6) is -1.10. The second-order valence-electron chi connectivity index (χ2n) is 4.84. The van der Waals surface area contributed by atoms with Crippen LogP contribution in [0.1, 0.15) is 18.9 Å². The molecule has 0 bridgehead atoms. The first-order chi connectivity index (χ1) is 10.0. The van der Waals surface area contributed by atoms with Gasteiger partial charge in [-0.25, -0.2) is 8.78 Å². The number of nitrogens with zero attached hydrogens (tertiary/aromatic N) is 1. The number of hydrogen-bond donors (Lipinski definition) is 1. The van der Waals surface area contributed by atoms with Crippen molar-refractivity contribution in [3.63, 3.8) is 0 Å². The maximum Gasteiger partial charge on any atom is 0.145 e. The Morgan fingerprint density at radius 3 is 2.62 bits per heavy atom. The highest BCUT2D eigenvalue weighted by molar-refractivity contribution is 9.10. The first kappa shape index (κ1) is 15.8. The van der Waals surface area contributed by atoms with Crippen molar-refractivity contribution in [2.45, 2.75) is 19.9 Å². The molecule has 0 heterocycles. The van der Waals surface area contributed by atoms with E-state index in [0.29, 0.717) is 12.2 Å². The highest BCUT2D eigenvalue weighted by atomic mass is 79.9. The van der Waals surface area contributed by atoms with E-state index in [9.17, 15) is 8.78 Å². The Morgan fingerprint density at radius 2 is 1.95 bits per heavy atom. The van der Waals surface area contributed by atoms with E-state index in [1.54, 1.807) is 6.07 Å². The van der Waals surface area contributed by atoms with Crippen LogP contribution in [0.25, 0.3) is 0 Å². The molecule has 0 spiro atoms. The molecule has 112 valence electrons. The Hall–Kier alpha value is -1.62. The van der Waals surface area contributed by atoms with Crippen molar-refractivity contribution in [3.8, 4) is 0 Å². The molecule has 0 amide bonds. The maximum absolute atomic E-state index is 14.1. The lowest BCUT2D eigenvalue weighted by atomic mass is 10.1. The minimum absolute atomic E-state index is 0.0558. The van der Waals surface area contributed by atoms with Crippen LogP contribution in [0.5, 0.6) is 0 Å². The van der Waals surface area contributed by atoms with Gasteiger partial charge in [-0.2, -0.15) is 0 Å². The van der Waals surface area contributed by atoms with Gasteiger partial charge in [-0.1, -0.05) is 13.0 Å². The Morgan fingerprint density at radius 1 is 1.19 bits per heavy atom. The normalized spacial score (nSPS) is 10.7. The molecular weight excluding hydrogens is 338 g/mol. The fourth-order valence-corrected chi connectivity index (χ4v) is 2.57. The Kier molecular flexibility index (Phi) is 5.17. The average molecular weight is 355 g/mol. The number of nitrogens with two attached hydrogens (primary N) is 1. The molecule has 0 aromatic heterocycles. The van der Waals surface area contributed by atoms with E-state index in [-0.39, 0.29) is 16.6 Å². The molecule has 0 saturated heterocycles. The van der Waals surface area contributed by atoms with Crippen molar-refractivity contribution in [1.82, 2.24) is 0 Å².